The van der Waals surface area contributed by atoms with Gasteiger partial charge in [-0.25, -0.2) is 0 Å². The summed E-state index contributed by atoms with van der Waals surface area (Å²) in [6, 6.07) is 0. The molecule has 0 aromatic heterocycles. The van der Waals surface area contributed by atoms with Gasteiger partial charge in [0.15, 0.2) is 0 Å². The zero-order chi connectivity index (χ0) is 11.9. The molecule has 0 rings (SSSR count). The lowest BCUT2D eigenvalue weighted by atomic mass is 9.87. The molecule has 0 spiro atoms. The molecule has 0 aliphatic heterocycles. The van der Waals surface area contributed by atoms with Crippen LogP contribution < -0.4 is 0 Å². The molecular weight excluding hydrogens is 186 g/mol. The van der Waals surface area contributed by atoms with Gasteiger partial charge in [0.25, 0.3) is 0 Å². The van der Waals surface area contributed by atoms with Gasteiger partial charge >= 0.3 is 0 Å². The topological polar surface area (TPSA) is 23.5 Å². The van der Waals surface area contributed by atoms with Crippen LogP contribution in [-0.4, -0.2) is 34.7 Å². The Morgan fingerprint density at radius 3 is 2.13 bits per heavy atom. The summed E-state index contributed by atoms with van der Waals surface area (Å²) >= 11 is 0. The lowest BCUT2D eigenvalue weighted by Crippen LogP contribution is -2.54. The van der Waals surface area contributed by atoms with Crippen molar-refractivity contribution in [3.05, 3.63) is 0 Å². The highest BCUT2D eigenvalue weighted by molar-refractivity contribution is 5.02. The minimum atomic E-state index is -0.366. The second-order valence-electron chi connectivity index (χ2n) is 4.03. The van der Waals surface area contributed by atoms with Gasteiger partial charge in [-0.1, -0.05) is 20.8 Å². The van der Waals surface area contributed by atoms with Gasteiger partial charge < -0.3 is 5.11 Å². The predicted molar refractivity (Wildman–Crippen MR) is 65.7 cm³/mol. The van der Waals surface area contributed by atoms with E-state index in [-0.39, 0.29) is 11.6 Å². The highest BCUT2D eigenvalue weighted by atomic mass is 16.3. The molecule has 0 aliphatic carbocycles. The SMILES string of the molecule is CC#CCC(O)C(C)(CC)N(CC)CC. The van der Waals surface area contributed by atoms with Gasteiger partial charge in [0.05, 0.1) is 6.10 Å². The fraction of sp³-hybridized carbons (Fsp3) is 0.846. The predicted octanol–water partition coefficient (Wildman–Crippen LogP) is 2.27. The fourth-order valence-corrected chi connectivity index (χ4v) is 2.03. The number of aliphatic hydroxyl groups excluding tert-OH is 1. The molecule has 2 heteroatoms. The van der Waals surface area contributed by atoms with E-state index in [2.05, 4.69) is 44.4 Å². The third kappa shape index (κ3) is 3.52. The van der Waals surface area contributed by atoms with Gasteiger partial charge in [-0.2, -0.15) is 0 Å². The van der Waals surface area contributed by atoms with Gasteiger partial charge in [0, 0.05) is 12.0 Å². The Hall–Kier alpha value is -0.520. The van der Waals surface area contributed by atoms with Crippen LogP contribution in [0.4, 0.5) is 0 Å². The molecule has 88 valence electrons. The quantitative estimate of drug-likeness (QED) is 0.681. The molecule has 0 aromatic carbocycles. The van der Waals surface area contributed by atoms with Gasteiger partial charge in [0.1, 0.15) is 0 Å². The molecule has 2 unspecified atom stereocenters. The van der Waals surface area contributed by atoms with Gasteiger partial charge in [0.2, 0.25) is 0 Å². The lowest BCUT2D eigenvalue weighted by molar-refractivity contribution is -0.0165. The van der Waals surface area contributed by atoms with Crippen molar-refractivity contribution in [2.75, 3.05) is 13.1 Å². The molecule has 0 amide bonds. The van der Waals surface area contributed by atoms with E-state index in [0.717, 1.165) is 19.5 Å². The molecule has 0 heterocycles. The zero-order valence-corrected chi connectivity index (χ0v) is 10.8. The maximum absolute atomic E-state index is 10.2. The largest absolute Gasteiger partial charge is 0.390 e. The molecule has 15 heavy (non-hydrogen) atoms. The molecule has 0 saturated carbocycles. The standard InChI is InChI=1S/C13H25NO/c1-6-10-11-12(15)13(5,7-2)14(8-3)9-4/h12,15H,7-9,11H2,1-5H3. The number of nitrogens with zero attached hydrogens (tertiary/aromatic N) is 1. The summed E-state index contributed by atoms with van der Waals surface area (Å²) < 4.78 is 0. The van der Waals surface area contributed by atoms with E-state index in [1.165, 1.54) is 0 Å². The van der Waals surface area contributed by atoms with E-state index in [0.29, 0.717) is 6.42 Å². The Morgan fingerprint density at radius 2 is 1.80 bits per heavy atom. The molecule has 0 aromatic rings. The first-order valence-corrected chi connectivity index (χ1v) is 5.89. The third-order valence-electron chi connectivity index (χ3n) is 3.39. The van der Waals surface area contributed by atoms with E-state index < -0.39 is 0 Å². The van der Waals surface area contributed by atoms with Crippen LogP contribution in [0, 0.1) is 11.8 Å². The molecule has 0 aliphatic rings. The van der Waals surface area contributed by atoms with Crippen molar-refractivity contribution < 1.29 is 5.11 Å². The van der Waals surface area contributed by atoms with Gasteiger partial charge in [-0.3, -0.25) is 4.90 Å². The van der Waals surface area contributed by atoms with E-state index in [1.54, 1.807) is 0 Å². The number of likely N-dealkylation sites (N-methyl/N-ethyl adjacent to an activating group) is 1. The second kappa shape index (κ2) is 6.87. The monoisotopic (exact) mass is 211 g/mol. The smallest absolute Gasteiger partial charge is 0.0829 e. The summed E-state index contributed by atoms with van der Waals surface area (Å²) in [6.07, 6.45) is 1.15. The van der Waals surface area contributed by atoms with E-state index in [9.17, 15) is 5.11 Å². The molecular formula is C13H25NO. The minimum absolute atomic E-state index is 0.145. The van der Waals surface area contributed by atoms with Gasteiger partial charge in [-0.05, 0) is 33.4 Å². The first-order valence-electron chi connectivity index (χ1n) is 5.89. The Bertz CT molecular complexity index is 224. The maximum Gasteiger partial charge on any atom is 0.0829 e. The van der Waals surface area contributed by atoms with E-state index in [4.69, 9.17) is 0 Å². The van der Waals surface area contributed by atoms with Crippen molar-refractivity contribution in [1.82, 2.24) is 4.90 Å². The first-order chi connectivity index (χ1) is 7.06. The molecule has 0 bridgehead atoms. The Morgan fingerprint density at radius 1 is 1.27 bits per heavy atom. The van der Waals surface area contributed by atoms with Crippen molar-refractivity contribution in [1.29, 1.82) is 0 Å². The van der Waals surface area contributed by atoms with Crippen LogP contribution in [0.2, 0.25) is 0 Å². The number of aliphatic hydroxyl groups is 1. The average molecular weight is 211 g/mol. The summed E-state index contributed by atoms with van der Waals surface area (Å²) in [5.41, 5.74) is -0.145. The highest BCUT2D eigenvalue weighted by Gasteiger charge is 2.35. The van der Waals surface area contributed by atoms with E-state index in [1.807, 2.05) is 6.92 Å². The van der Waals surface area contributed by atoms with Crippen LogP contribution >= 0.6 is 0 Å². The van der Waals surface area contributed by atoms with Crippen molar-refractivity contribution in [2.45, 2.75) is 59.1 Å². The highest BCUT2D eigenvalue weighted by Crippen LogP contribution is 2.25. The van der Waals surface area contributed by atoms with Crippen LogP contribution in [0.5, 0.6) is 0 Å². The molecule has 1 N–H and O–H groups in total. The number of rotatable bonds is 6. The first kappa shape index (κ1) is 14.5. The van der Waals surface area contributed by atoms with E-state index >= 15 is 0 Å². The van der Waals surface area contributed by atoms with Crippen molar-refractivity contribution in [2.24, 2.45) is 0 Å². The zero-order valence-electron chi connectivity index (χ0n) is 10.8. The average Bonchev–Trinajstić information content (AvgIpc) is 2.26. The number of hydrogen-bond donors (Lipinski definition) is 1. The van der Waals surface area contributed by atoms with Crippen molar-refractivity contribution >= 4 is 0 Å². The van der Waals surface area contributed by atoms with Crippen LogP contribution in [0.3, 0.4) is 0 Å². The summed E-state index contributed by atoms with van der Waals surface area (Å²) in [5, 5.41) is 10.2. The Labute approximate surface area is 94.7 Å². The van der Waals surface area contributed by atoms with Crippen LogP contribution in [0.1, 0.15) is 47.5 Å². The third-order valence-corrected chi connectivity index (χ3v) is 3.39. The Kier molecular flexibility index (Phi) is 6.63. The van der Waals surface area contributed by atoms with Crippen molar-refractivity contribution in [3.8, 4) is 11.8 Å². The Balaban J connectivity index is 4.69. The number of hydrogen-bond acceptors (Lipinski definition) is 2. The van der Waals surface area contributed by atoms with Crippen LogP contribution in [-0.2, 0) is 0 Å². The lowest BCUT2D eigenvalue weighted by Gasteiger charge is -2.42. The molecule has 0 fully saturated rings. The van der Waals surface area contributed by atoms with Gasteiger partial charge in [-0.15, -0.1) is 11.8 Å². The minimum Gasteiger partial charge on any atom is -0.390 e. The summed E-state index contributed by atoms with van der Waals surface area (Å²) in [7, 11) is 0. The molecule has 2 atom stereocenters. The summed E-state index contributed by atoms with van der Waals surface area (Å²) in [4.78, 5) is 2.31. The fourth-order valence-electron chi connectivity index (χ4n) is 2.03. The second-order valence-corrected chi connectivity index (χ2v) is 4.03. The van der Waals surface area contributed by atoms with Crippen LogP contribution in [0.25, 0.3) is 0 Å². The normalized spacial score (nSPS) is 16.7. The molecule has 0 radical (unpaired) electrons. The molecule has 2 nitrogen and oxygen atoms in total. The molecule has 0 saturated heterocycles. The van der Waals surface area contributed by atoms with Crippen LogP contribution in [0.15, 0.2) is 0 Å². The summed E-state index contributed by atoms with van der Waals surface area (Å²) in [6.45, 7) is 12.3. The summed E-state index contributed by atoms with van der Waals surface area (Å²) in [5.74, 6) is 5.81. The maximum atomic E-state index is 10.2. The van der Waals surface area contributed by atoms with Crippen molar-refractivity contribution in [3.63, 3.8) is 0 Å².